The van der Waals surface area contributed by atoms with Gasteiger partial charge in [-0.2, -0.15) is 0 Å². The summed E-state index contributed by atoms with van der Waals surface area (Å²) in [6.07, 6.45) is 0.380. The van der Waals surface area contributed by atoms with Crippen LogP contribution < -0.4 is 4.74 Å². The molecule has 29 heavy (non-hydrogen) atoms. The van der Waals surface area contributed by atoms with Crippen molar-refractivity contribution in [1.82, 2.24) is 9.55 Å². The lowest BCUT2D eigenvalue weighted by Crippen LogP contribution is -2.25. The average Bonchev–Trinajstić information content (AvgIpc) is 3.10. The minimum atomic E-state index is -0.626. The molecule has 152 valence electrons. The van der Waals surface area contributed by atoms with Crippen molar-refractivity contribution in [1.29, 1.82) is 0 Å². The van der Waals surface area contributed by atoms with Gasteiger partial charge >= 0.3 is 0 Å². The van der Waals surface area contributed by atoms with Crippen LogP contribution in [0.25, 0.3) is 21.8 Å². The molecule has 0 aliphatic rings. The highest BCUT2D eigenvalue weighted by Gasteiger charge is 2.18. The number of rotatable bonds is 7. The maximum Gasteiger partial charge on any atom is 0.127 e. The zero-order valence-corrected chi connectivity index (χ0v) is 17.6. The first-order valence-corrected chi connectivity index (χ1v) is 9.91. The zero-order chi connectivity index (χ0) is 19.5. The summed E-state index contributed by atoms with van der Waals surface area (Å²) in [6.45, 7) is 5.04. The predicted octanol–water partition coefficient (Wildman–Crippen LogP) is 5.56. The lowest BCUT2D eigenvalue weighted by Gasteiger charge is -2.18. The second kappa shape index (κ2) is 9.29. The monoisotopic (exact) mass is 410 g/mol. The van der Waals surface area contributed by atoms with Gasteiger partial charge in [-0.25, -0.2) is 4.98 Å². The number of benzene rings is 3. The highest BCUT2D eigenvalue weighted by Crippen LogP contribution is 2.26. The van der Waals surface area contributed by atoms with Gasteiger partial charge < -0.3 is 14.4 Å². The number of para-hydroxylation sites is 2. The summed E-state index contributed by atoms with van der Waals surface area (Å²) in [5.41, 5.74) is 2.03. The lowest BCUT2D eigenvalue weighted by atomic mass is 10.1. The molecule has 1 N–H and O–H groups in total. The lowest BCUT2D eigenvalue weighted by molar-refractivity contribution is 0.0932. The number of aromatic nitrogens is 2. The fourth-order valence-electron chi connectivity index (χ4n) is 3.62. The van der Waals surface area contributed by atoms with Crippen molar-refractivity contribution in [2.45, 2.75) is 38.8 Å². The molecule has 0 aliphatic carbocycles. The van der Waals surface area contributed by atoms with Crippen LogP contribution in [0.15, 0.2) is 66.7 Å². The van der Waals surface area contributed by atoms with E-state index in [2.05, 4.69) is 36.6 Å². The Labute approximate surface area is 177 Å². The van der Waals surface area contributed by atoms with Gasteiger partial charge in [0, 0.05) is 11.3 Å². The smallest absolute Gasteiger partial charge is 0.127 e. The third-order valence-electron chi connectivity index (χ3n) is 5.31. The highest BCUT2D eigenvalue weighted by atomic mass is 35.5. The van der Waals surface area contributed by atoms with Crippen LogP contribution in [-0.2, 0) is 6.54 Å². The summed E-state index contributed by atoms with van der Waals surface area (Å²) < 4.78 is 8.12. The van der Waals surface area contributed by atoms with Gasteiger partial charge in [-0.15, -0.1) is 12.4 Å². The molecular formula is C24H27ClN2O2. The number of aliphatic hydroxyl groups excluding tert-OH is 1. The van der Waals surface area contributed by atoms with Gasteiger partial charge in [0.25, 0.3) is 0 Å². The van der Waals surface area contributed by atoms with Gasteiger partial charge in [-0.05, 0) is 30.0 Å². The van der Waals surface area contributed by atoms with Crippen molar-refractivity contribution < 1.29 is 9.84 Å². The Morgan fingerprint density at radius 1 is 1.00 bits per heavy atom. The van der Waals surface area contributed by atoms with Gasteiger partial charge in [0.05, 0.1) is 17.6 Å². The number of hydrogen-bond donors (Lipinski definition) is 1. The molecular weight excluding hydrogens is 384 g/mol. The topological polar surface area (TPSA) is 47.3 Å². The Hall–Kier alpha value is -2.56. The Kier molecular flexibility index (Phi) is 6.78. The molecule has 0 aliphatic heterocycles. The van der Waals surface area contributed by atoms with Crippen LogP contribution in [0.2, 0.25) is 0 Å². The fraction of sp³-hybridized carbons (Fsp3) is 0.292. The average molecular weight is 411 g/mol. The molecule has 2 unspecified atom stereocenters. The van der Waals surface area contributed by atoms with Crippen molar-refractivity contribution >= 4 is 34.2 Å². The van der Waals surface area contributed by atoms with E-state index in [9.17, 15) is 5.11 Å². The number of imidazole rings is 1. The van der Waals surface area contributed by atoms with Crippen molar-refractivity contribution in [2.24, 2.45) is 0 Å². The highest BCUT2D eigenvalue weighted by molar-refractivity contribution is 5.88. The molecule has 4 aromatic rings. The Morgan fingerprint density at radius 3 is 2.55 bits per heavy atom. The molecule has 3 aromatic carbocycles. The van der Waals surface area contributed by atoms with Gasteiger partial charge in [-0.1, -0.05) is 62.4 Å². The molecule has 0 saturated carbocycles. The summed E-state index contributed by atoms with van der Waals surface area (Å²) in [5.74, 6) is 2.15. The van der Waals surface area contributed by atoms with Crippen LogP contribution in [-0.4, -0.2) is 27.4 Å². The summed E-state index contributed by atoms with van der Waals surface area (Å²) in [6, 6.07) is 22.2. The molecule has 5 heteroatoms. The summed E-state index contributed by atoms with van der Waals surface area (Å²) >= 11 is 0. The van der Waals surface area contributed by atoms with Gasteiger partial charge in [-0.3, -0.25) is 0 Å². The molecule has 0 amide bonds. The number of aliphatic hydroxyl groups is 1. The fourth-order valence-corrected chi connectivity index (χ4v) is 3.62. The quantitative estimate of drug-likeness (QED) is 0.433. The molecule has 1 heterocycles. The second-order valence-electron chi connectivity index (χ2n) is 7.32. The second-order valence-corrected chi connectivity index (χ2v) is 7.32. The van der Waals surface area contributed by atoms with Crippen LogP contribution in [0.5, 0.6) is 5.75 Å². The Balaban J connectivity index is 0.00000240. The number of hydrogen-bond acceptors (Lipinski definition) is 3. The van der Waals surface area contributed by atoms with E-state index in [1.165, 1.54) is 0 Å². The largest absolute Gasteiger partial charge is 0.490 e. The normalized spacial score (nSPS) is 13.2. The maximum absolute atomic E-state index is 10.7. The number of ether oxygens (including phenoxy) is 1. The van der Waals surface area contributed by atoms with E-state index in [0.717, 1.165) is 39.8 Å². The van der Waals surface area contributed by atoms with Gasteiger partial charge in [0.15, 0.2) is 0 Å². The summed E-state index contributed by atoms with van der Waals surface area (Å²) in [5, 5.41) is 12.9. The number of halogens is 1. The summed E-state index contributed by atoms with van der Waals surface area (Å²) in [7, 11) is 0. The van der Waals surface area contributed by atoms with Crippen LogP contribution in [0.3, 0.4) is 0 Å². The van der Waals surface area contributed by atoms with Crippen LogP contribution in [0.1, 0.15) is 32.0 Å². The molecule has 0 fully saturated rings. The van der Waals surface area contributed by atoms with Crippen LogP contribution in [0, 0.1) is 0 Å². The number of fused-ring (bicyclic) bond motifs is 2. The third-order valence-corrected chi connectivity index (χ3v) is 5.31. The summed E-state index contributed by atoms with van der Waals surface area (Å²) in [4.78, 5) is 4.81. The van der Waals surface area contributed by atoms with E-state index < -0.39 is 6.10 Å². The molecule has 4 nitrogen and oxygen atoms in total. The van der Waals surface area contributed by atoms with E-state index in [4.69, 9.17) is 9.72 Å². The molecule has 2 atom stereocenters. The Bertz CT molecular complexity index is 1090. The van der Waals surface area contributed by atoms with Crippen molar-refractivity contribution in [2.75, 3.05) is 6.61 Å². The van der Waals surface area contributed by atoms with E-state index >= 15 is 0 Å². The van der Waals surface area contributed by atoms with Crippen molar-refractivity contribution in [3.8, 4) is 5.75 Å². The standard InChI is InChI=1S/C24H26N2O2.ClH/c1-3-17(2)24-25-21-12-6-7-13-22(21)26(24)15-19(27)16-28-23-14-8-10-18-9-4-5-11-20(18)23;/h4-14,17,19,27H,3,15-16H2,1-2H3;1H. The molecule has 0 saturated heterocycles. The van der Waals surface area contributed by atoms with E-state index in [-0.39, 0.29) is 19.0 Å². The number of nitrogens with zero attached hydrogens (tertiary/aromatic N) is 2. The van der Waals surface area contributed by atoms with E-state index in [1.54, 1.807) is 0 Å². The van der Waals surface area contributed by atoms with Gasteiger partial charge in [0.1, 0.15) is 24.3 Å². The molecule has 0 radical (unpaired) electrons. The molecule has 0 spiro atoms. The van der Waals surface area contributed by atoms with Gasteiger partial charge in [0.2, 0.25) is 0 Å². The van der Waals surface area contributed by atoms with Crippen LogP contribution in [0.4, 0.5) is 0 Å². The van der Waals surface area contributed by atoms with E-state index in [0.29, 0.717) is 12.5 Å². The minimum absolute atomic E-state index is 0. The first kappa shape index (κ1) is 21.2. The molecule has 1 aromatic heterocycles. The first-order chi connectivity index (χ1) is 13.7. The van der Waals surface area contributed by atoms with E-state index in [1.807, 2.05) is 48.5 Å². The third kappa shape index (κ3) is 4.39. The predicted molar refractivity (Wildman–Crippen MR) is 121 cm³/mol. The van der Waals surface area contributed by atoms with Crippen molar-refractivity contribution in [3.05, 3.63) is 72.6 Å². The zero-order valence-electron chi connectivity index (χ0n) is 16.8. The van der Waals surface area contributed by atoms with Crippen molar-refractivity contribution in [3.63, 3.8) is 0 Å². The maximum atomic E-state index is 10.7. The SMILES string of the molecule is CCC(C)c1nc2ccccc2n1CC(O)COc1cccc2ccccc12.Cl. The molecule has 0 bridgehead atoms. The van der Waals surface area contributed by atoms with Crippen LogP contribution >= 0.6 is 12.4 Å². The minimum Gasteiger partial charge on any atom is -0.490 e. The molecule has 4 rings (SSSR count). The Morgan fingerprint density at radius 2 is 1.72 bits per heavy atom. The first-order valence-electron chi connectivity index (χ1n) is 9.91.